The zero-order valence-electron chi connectivity index (χ0n) is 12.0. The third-order valence-corrected chi connectivity index (χ3v) is 3.35. The highest BCUT2D eigenvalue weighted by molar-refractivity contribution is 5.94. The molecule has 2 aromatic rings. The van der Waals surface area contributed by atoms with E-state index < -0.39 is 5.56 Å². The Bertz CT molecular complexity index is 688. The van der Waals surface area contributed by atoms with Gasteiger partial charge in [0.1, 0.15) is 11.4 Å². The molecule has 0 radical (unpaired) electrons. The van der Waals surface area contributed by atoms with Crippen LogP contribution in [0.25, 0.3) is 11.3 Å². The van der Waals surface area contributed by atoms with Crippen molar-refractivity contribution in [1.82, 2.24) is 9.88 Å². The Morgan fingerprint density at radius 2 is 1.71 bits per heavy atom. The van der Waals surface area contributed by atoms with Gasteiger partial charge in [-0.25, -0.2) is 4.39 Å². The molecule has 0 saturated heterocycles. The van der Waals surface area contributed by atoms with Gasteiger partial charge in [0.05, 0.1) is 0 Å². The smallest absolute Gasteiger partial charge is 0.261 e. The molecule has 0 bridgehead atoms. The number of amides is 1. The minimum Gasteiger partial charge on any atom is -0.339 e. The lowest BCUT2D eigenvalue weighted by molar-refractivity contribution is 0.0771. The van der Waals surface area contributed by atoms with Gasteiger partial charge in [0, 0.05) is 18.8 Å². The predicted molar refractivity (Wildman–Crippen MR) is 79.7 cm³/mol. The van der Waals surface area contributed by atoms with Crippen molar-refractivity contribution in [2.75, 3.05) is 13.1 Å². The average Bonchev–Trinajstić information content (AvgIpc) is 2.49. The number of halogens is 1. The number of nitrogens with zero attached hydrogens (tertiary/aromatic N) is 1. The van der Waals surface area contributed by atoms with Gasteiger partial charge in [0.15, 0.2) is 0 Å². The molecule has 110 valence electrons. The molecule has 0 unspecified atom stereocenters. The second-order valence-electron chi connectivity index (χ2n) is 4.60. The van der Waals surface area contributed by atoms with Crippen molar-refractivity contribution in [3.8, 4) is 11.3 Å². The number of hydrogen-bond donors (Lipinski definition) is 1. The molecule has 0 aliphatic heterocycles. The van der Waals surface area contributed by atoms with Crippen molar-refractivity contribution in [1.29, 1.82) is 0 Å². The van der Waals surface area contributed by atoms with E-state index in [4.69, 9.17) is 0 Å². The molecule has 5 heteroatoms. The first kappa shape index (κ1) is 15.0. The van der Waals surface area contributed by atoms with Gasteiger partial charge < -0.3 is 9.88 Å². The minimum atomic E-state index is -0.436. The van der Waals surface area contributed by atoms with Gasteiger partial charge in [0.2, 0.25) is 0 Å². The molecule has 0 aliphatic rings. The van der Waals surface area contributed by atoms with E-state index in [0.29, 0.717) is 24.3 Å². The van der Waals surface area contributed by atoms with Crippen LogP contribution in [0.1, 0.15) is 24.2 Å². The number of hydrogen-bond acceptors (Lipinski definition) is 2. The zero-order chi connectivity index (χ0) is 15.4. The summed E-state index contributed by atoms with van der Waals surface area (Å²) >= 11 is 0. The Balaban J connectivity index is 2.36. The number of carbonyl (C=O) groups is 1. The van der Waals surface area contributed by atoms with Crippen LogP contribution in [0.5, 0.6) is 0 Å². The highest BCUT2D eigenvalue weighted by atomic mass is 19.1. The summed E-state index contributed by atoms with van der Waals surface area (Å²) in [5.41, 5.74) is 0.921. The monoisotopic (exact) mass is 288 g/mol. The minimum absolute atomic E-state index is 0.115. The summed E-state index contributed by atoms with van der Waals surface area (Å²) in [4.78, 5) is 28.5. The molecule has 0 spiro atoms. The van der Waals surface area contributed by atoms with Crippen LogP contribution in [-0.2, 0) is 0 Å². The van der Waals surface area contributed by atoms with Crippen molar-refractivity contribution in [3.63, 3.8) is 0 Å². The van der Waals surface area contributed by atoms with Crippen molar-refractivity contribution >= 4 is 5.91 Å². The molecule has 1 aromatic heterocycles. The number of pyridine rings is 1. The number of benzene rings is 1. The van der Waals surface area contributed by atoms with Crippen LogP contribution in [0.15, 0.2) is 41.2 Å². The third-order valence-electron chi connectivity index (χ3n) is 3.35. The summed E-state index contributed by atoms with van der Waals surface area (Å²) in [6, 6.07) is 8.97. The van der Waals surface area contributed by atoms with Gasteiger partial charge in [-0.1, -0.05) is 0 Å². The Hall–Kier alpha value is -2.43. The maximum absolute atomic E-state index is 12.9. The molecule has 1 heterocycles. The van der Waals surface area contributed by atoms with Gasteiger partial charge >= 0.3 is 0 Å². The van der Waals surface area contributed by atoms with Crippen molar-refractivity contribution in [2.24, 2.45) is 0 Å². The van der Waals surface area contributed by atoms with E-state index in [1.807, 2.05) is 13.8 Å². The number of rotatable bonds is 4. The van der Waals surface area contributed by atoms with E-state index in [-0.39, 0.29) is 17.3 Å². The fourth-order valence-corrected chi connectivity index (χ4v) is 2.12. The average molecular weight is 288 g/mol. The van der Waals surface area contributed by atoms with Crippen LogP contribution >= 0.6 is 0 Å². The second kappa shape index (κ2) is 6.35. The summed E-state index contributed by atoms with van der Waals surface area (Å²) in [6.07, 6.45) is 0. The lowest BCUT2D eigenvalue weighted by Gasteiger charge is -2.18. The SMILES string of the molecule is CCN(CC)C(=O)c1ccc(-c2ccc(F)cc2)[nH]c1=O. The molecule has 0 fully saturated rings. The molecule has 1 N–H and O–H groups in total. The van der Waals surface area contributed by atoms with Crippen LogP contribution in [0.3, 0.4) is 0 Å². The molecule has 0 saturated carbocycles. The van der Waals surface area contributed by atoms with Gasteiger partial charge in [-0.3, -0.25) is 9.59 Å². The summed E-state index contributed by atoms with van der Waals surface area (Å²) in [7, 11) is 0. The van der Waals surface area contributed by atoms with Crippen LogP contribution in [0, 0.1) is 5.82 Å². The number of carbonyl (C=O) groups excluding carboxylic acids is 1. The highest BCUT2D eigenvalue weighted by Gasteiger charge is 2.16. The Morgan fingerprint density at radius 1 is 1.10 bits per heavy atom. The third kappa shape index (κ3) is 3.18. The van der Waals surface area contributed by atoms with Crippen molar-refractivity contribution in [3.05, 3.63) is 58.1 Å². The molecule has 4 nitrogen and oxygen atoms in total. The molecule has 1 aromatic carbocycles. The number of H-pyrrole nitrogens is 1. The fraction of sp³-hybridized carbons (Fsp3) is 0.250. The number of aromatic nitrogens is 1. The van der Waals surface area contributed by atoms with Crippen LogP contribution in [0.4, 0.5) is 4.39 Å². The van der Waals surface area contributed by atoms with E-state index in [1.165, 1.54) is 18.2 Å². The molecular formula is C16H17FN2O2. The Labute approximate surface area is 122 Å². The first-order chi connectivity index (χ1) is 10.1. The van der Waals surface area contributed by atoms with Crippen LogP contribution in [0.2, 0.25) is 0 Å². The number of aromatic amines is 1. The highest BCUT2D eigenvalue weighted by Crippen LogP contribution is 2.16. The normalized spacial score (nSPS) is 10.4. The molecule has 1 amide bonds. The van der Waals surface area contributed by atoms with E-state index in [2.05, 4.69) is 4.98 Å². The van der Waals surface area contributed by atoms with Gasteiger partial charge in [-0.15, -0.1) is 0 Å². The van der Waals surface area contributed by atoms with E-state index in [1.54, 1.807) is 23.1 Å². The van der Waals surface area contributed by atoms with Crippen LogP contribution < -0.4 is 5.56 Å². The quantitative estimate of drug-likeness (QED) is 0.940. The van der Waals surface area contributed by atoms with E-state index in [9.17, 15) is 14.0 Å². The van der Waals surface area contributed by atoms with Gasteiger partial charge in [-0.05, 0) is 55.8 Å². The first-order valence-electron chi connectivity index (χ1n) is 6.85. The second-order valence-corrected chi connectivity index (χ2v) is 4.60. The molecule has 21 heavy (non-hydrogen) atoms. The summed E-state index contributed by atoms with van der Waals surface area (Å²) in [6.45, 7) is 4.83. The number of nitrogens with one attached hydrogen (secondary N) is 1. The van der Waals surface area contributed by atoms with Gasteiger partial charge in [0.25, 0.3) is 11.5 Å². The van der Waals surface area contributed by atoms with Crippen molar-refractivity contribution < 1.29 is 9.18 Å². The zero-order valence-corrected chi connectivity index (χ0v) is 12.0. The molecule has 0 atom stereocenters. The Kier molecular flexibility index (Phi) is 4.52. The van der Waals surface area contributed by atoms with E-state index in [0.717, 1.165) is 0 Å². The van der Waals surface area contributed by atoms with Crippen LogP contribution in [-0.4, -0.2) is 28.9 Å². The lowest BCUT2D eigenvalue weighted by Crippen LogP contribution is -2.34. The molecular weight excluding hydrogens is 271 g/mol. The largest absolute Gasteiger partial charge is 0.339 e. The standard InChI is InChI=1S/C16H17FN2O2/c1-3-19(4-2)16(21)13-9-10-14(18-15(13)20)11-5-7-12(17)8-6-11/h5-10H,3-4H2,1-2H3,(H,18,20). The van der Waals surface area contributed by atoms with Crippen molar-refractivity contribution in [2.45, 2.75) is 13.8 Å². The topological polar surface area (TPSA) is 53.2 Å². The molecule has 0 aliphatic carbocycles. The summed E-state index contributed by atoms with van der Waals surface area (Å²) in [5, 5.41) is 0. The lowest BCUT2D eigenvalue weighted by atomic mass is 10.1. The van der Waals surface area contributed by atoms with Gasteiger partial charge in [-0.2, -0.15) is 0 Å². The summed E-state index contributed by atoms with van der Waals surface area (Å²) < 4.78 is 12.9. The Morgan fingerprint density at radius 3 is 2.24 bits per heavy atom. The first-order valence-corrected chi connectivity index (χ1v) is 6.85. The summed E-state index contributed by atoms with van der Waals surface area (Å²) in [5.74, 6) is -0.624. The predicted octanol–water partition coefficient (Wildman–Crippen LogP) is 2.66. The maximum atomic E-state index is 12.9. The fourth-order valence-electron chi connectivity index (χ4n) is 2.12. The van der Waals surface area contributed by atoms with E-state index >= 15 is 0 Å². The molecule has 2 rings (SSSR count). The maximum Gasteiger partial charge on any atom is 0.261 e.